The summed E-state index contributed by atoms with van der Waals surface area (Å²) >= 11 is 1.01. The molecule has 1 saturated heterocycles. The van der Waals surface area contributed by atoms with E-state index >= 15 is 0 Å². The van der Waals surface area contributed by atoms with Gasteiger partial charge in [-0.05, 0) is 25.0 Å². The van der Waals surface area contributed by atoms with Crippen molar-refractivity contribution in [1.82, 2.24) is 9.80 Å². The number of benzene rings is 1. The molecular weight excluding hydrogens is 416 g/mol. The van der Waals surface area contributed by atoms with Crippen molar-refractivity contribution >= 4 is 34.1 Å². The molecule has 2 aromatic rings. The van der Waals surface area contributed by atoms with Crippen LogP contribution in [-0.4, -0.2) is 66.9 Å². The van der Waals surface area contributed by atoms with E-state index in [0.29, 0.717) is 10.6 Å². The summed E-state index contributed by atoms with van der Waals surface area (Å²) in [6.07, 6.45) is 0. The van der Waals surface area contributed by atoms with Crippen LogP contribution in [0.3, 0.4) is 0 Å². The Kier molecular flexibility index (Phi) is 7.78. The third-order valence-corrected chi connectivity index (χ3v) is 6.41. The van der Waals surface area contributed by atoms with E-state index in [0.717, 1.165) is 44.1 Å². The van der Waals surface area contributed by atoms with Crippen molar-refractivity contribution in [3.8, 4) is 0 Å². The molecule has 166 valence electrons. The number of piperazine rings is 1. The number of nitrogens with two attached hydrogens (primary N) is 1. The van der Waals surface area contributed by atoms with E-state index in [9.17, 15) is 14.4 Å². The van der Waals surface area contributed by atoms with Gasteiger partial charge in [0.2, 0.25) is 5.91 Å². The molecule has 1 fully saturated rings. The molecule has 2 amide bonds. The summed E-state index contributed by atoms with van der Waals surface area (Å²) in [4.78, 5) is 41.4. The molecule has 1 aliphatic rings. The molecule has 1 aromatic carbocycles. The summed E-state index contributed by atoms with van der Waals surface area (Å²) in [5.41, 5.74) is 7.32. The Hall–Kier alpha value is -2.75. The van der Waals surface area contributed by atoms with Crippen molar-refractivity contribution in [1.29, 1.82) is 0 Å². The van der Waals surface area contributed by atoms with Crippen LogP contribution in [0.1, 0.15) is 38.1 Å². The Labute approximate surface area is 186 Å². The first-order chi connectivity index (χ1) is 14.9. The first-order valence-electron chi connectivity index (χ1n) is 10.3. The minimum atomic E-state index is -0.636. The SMILES string of the molecule is CCOC(=O)c1c(NC(=O)CN2CCN(Cc3ccccc3)CC2)sc(C(N)=O)c1C. The Morgan fingerprint density at radius 1 is 1.10 bits per heavy atom. The Balaban J connectivity index is 1.58. The number of hydrogen-bond acceptors (Lipinski definition) is 7. The summed E-state index contributed by atoms with van der Waals surface area (Å²) in [5.74, 6) is -1.45. The Bertz CT molecular complexity index is 936. The van der Waals surface area contributed by atoms with Crippen molar-refractivity contribution in [2.45, 2.75) is 20.4 Å². The summed E-state index contributed by atoms with van der Waals surface area (Å²) in [6, 6.07) is 10.3. The summed E-state index contributed by atoms with van der Waals surface area (Å²) in [6.45, 7) is 7.94. The molecule has 1 aliphatic heterocycles. The van der Waals surface area contributed by atoms with Crippen molar-refractivity contribution < 1.29 is 19.1 Å². The highest BCUT2D eigenvalue weighted by atomic mass is 32.1. The van der Waals surface area contributed by atoms with E-state index in [-0.39, 0.29) is 29.5 Å². The Morgan fingerprint density at radius 3 is 2.35 bits per heavy atom. The van der Waals surface area contributed by atoms with E-state index < -0.39 is 11.9 Å². The maximum Gasteiger partial charge on any atom is 0.341 e. The first kappa shape index (κ1) is 22.9. The van der Waals surface area contributed by atoms with E-state index in [1.54, 1.807) is 13.8 Å². The number of nitrogens with one attached hydrogen (secondary N) is 1. The van der Waals surface area contributed by atoms with Crippen LogP contribution < -0.4 is 11.1 Å². The number of ether oxygens (including phenoxy) is 1. The molecule has 0 saturated carbocycles. The second-order valence-electron chi connectivity index (χ2n) is 7.43. The van der Waals surface area contributed by atoms with Crippen LogP contribution in [0.4, 0.5) is 5.00 Å². The summed E-state index contributed by atoms with van der Waals surface area (Å²) < 4.78 is 5.08. The van der Waals surface area contributed by atoms with Crippen molar-refractivity contribution in [2.24, 2.45) is 5.73 Å². The van der Waals surface area contributed by atoms with Gasteiger partial charge >= 0.3 is 5.97 Å². The van der Waals surface area contributed by atoms with Crippen molar-refractivity contribution in [2.75, 3.05) is 44.6 Å². The fraction of sp³-hybridized carbons (Fsp3) is 0.409. The largest absolute Gasteiger partial charge is 0.462 e. The average molecular weight is 445 g/mol. The van der Waals surface area contributed by atoms with Gasteiger partial charge in [0, 0.05) is 32.7 Å². The summed E-state index contributed by atoms with van der Waals surface area (Å²) in [5, 5.41) is 3.08. The molecule has 3 N–H and O–H groups in total. The lowest BCUT2D eigenvalue weighted by Crippen LogP contribution is -2.48. The fourth-order valence-electron chi connectivity index (χ4n) is 3.60. The number of carbonyl (C=O) groups excluding carboxylic acids is 3. The van der Waals surface area contributed by atoms with E-state index in [1.807, 2.05) is 18.2 Å². The highest BCUT2D eigenvalue weighted by Gasteiger charge is 2.26. The van der Waals surface area contributed by atoms with Gasteiger partial charge in [-0.15, -0.1) is 11.3 Å². The molecule has 2 heterocycles. The minimum absolute atomic E-state index is 0.195. The van der Waals surface area contributed by atoms with E-state index in [1.165, 1.54) is 5.56 Å². The highest BCUT2D eigenvalue weighted by Crippen LogP contribution is 2.33. The number of thiophene rings is 1. The summed E-state index contributed by atoms with van der Waals surface area (Å²) in [7, 11) is 0. The minimum Gasteiger partial charge on any atom is -0.462 e. The quantitative estimate of drug-likeness (QED) is 0.604. The van der Waals surface area contributed by atoms with Crippen molar-refractivity contribution in [3.63, 3.8) is 0 Å². The van der Waals surface area contributed by atoms with Gasteiger partial charge in [-0.1, -0.05) is 30.3 Å². The van der Waals surface area contributed by atoms with Gasteiger partial charge < -0.3 is 15.8 Å². The molecule has 0 radical (unpaired) electrons. The molecule has 31 heavy (non-hydrogen) atoms. The topological polar surface area (TPSA) is 105 Å². The van der Waals surface area contributed by atoms with Crippen molar-refractivity contribution in [3.05, 3.63) is 51.9 Å². The number of nitrogens with zero attached hydrogens (tertiary/aromatic N) is 2. The van der Waals surface area contributed by atoms with Gasteiger partial charge in [0.25, 0.3) is 5.91 Å². The lowest BCUT2D eigenvalue weighted by molar-refractivity contribution is -0.117. The molecule has 9 heteroatoms. The number of amides is 2. The fourth-order valence-corrected chi connectivity index (χ4v) is 4.67. The second-order valence-corrected chi connectivity index (χ2v) is 8.45. The van der Waals surface area contributed by atoms with E-state index in [4.69, 9.17) is 10.5 Å². The second kappa shape index (κ2) is 10.5. The first-order valence-corrected chi connectivity index (χ1v) is 11.1. The number of hydrogen-bond donors (Lipinski definition) is 2. The van der Waals surface area contributed by atoms with Crippen LogP contribution in [0, 0.1) is 6.92 Å². The molecule has 0 spiro atoms. The van der Waals surface area contributed by atoms with Gasteiger partial charge in [-0.2, -0.15) is 0 Å². The zero-order chi connectivity index (χ0) is 22.4. The lowest BCUT2D eigenvalue weighted by atomic mass is 10.1. The number of esters is 1. The van der Waals surface area contributed by atoms with Crippen LogP contribution >= 0.6 is 11.3 Å². The molecule has 1 aromatic heterocycles. The van der Waals surface area contributed by atoms with Crippen LogP contribution in [-0.2, 0) is 16.1 Å². The van der Waals surface area contributed by atoms with Crippen LogP contribution in [0.15, 0.2) is 30.3 Å². The predicted octanol–water partition coefficient (Wildman–Crippen LogP) is 2.09. The third-order valence-electron chi connectivity index (χ3n) is 5.18. The van der Waals surface area contributed by atoms with Crippen LogP contribution in [0.25, 0.3) is 0 Å². The molecule has 8 nitrogen and oxygen atoms in total. The van der Waals surface area contributed by atoms with Crippen LogP contribution in [0.5, 0.6) is 0 Å². The van der Waals surface area contributed by atoms with Gasteiger partial charge in [-0.3, -0.25) is 19.4 Å². The molecule has 0 bridgehead atoms. The highest BCUT2D eigenvalue weighted by molar-refractivity contribution is 7.18. The third kappa shape index (κ3) is 5.90. The smallest absolute Gasteiger partial charge is 0.341 e. The molecule has 0 unspecified atom stereocenters. The number of primary amides is 1. The van der Waals surface area contributed by atoms with Gasteiger partial charge in [-0.25, -0.2) is 4.79 Å². The van der Waals surface area contributed by atoms with Gasteiger partial charge in [0.1, 0.15) is 5.00 Å². The molecule has 0 aliphatic carbocycles. The Morgan fingerprint density at radius 2 is 1.74 bits per heavy atom. The maximum atomic E-state index is 12.6. The maximum absolute atomic E-state index is 12.6. The van der Waals surface area contributed by atoms with Gasteiger partial charge in [0.15, 0.2) is 0 Å². The predicted molar refractivity (Wildman–Crippen MR) is 120 cm³/mol. The average Bonchev–Trinajstić information content (AvgIpc) is 3.06. The standard InChI is InChI=1S/C22H28N4O4S/c1-3-30-22(29)18-15(2)19(20(23)28)31-21(18)24-17(27)14-26-11-9-25(10-12-26)13-16-7-5-4-6-8-16/h4-8H,3,9-14H2,1-2H3,(H2,23,28)(H,24,27). The molecule has 3 rings (SSSR count). The zero-order valence-electron chi connectivity index (χ0n) is 17.8. The molecular formula is C22H28N4O4S. The number of rotatable bonds is 8. The zero-order valence-corrected chi connectivity index (χ0v) is 18.7. The monoisotopic (exact) mass is 444 g/mol. The van der Waals surface area contributed by atoms with Gasteiger partial charge in [0.05, 0.1) is 23.6 Å². The number of carbonyl (C=O) groups is 3. The normalized spacial score (nSPS) is 14.9. The number of anilines is 1. The molecule has 0 atom stereocenters. The van der Waals surface area contributed by atoms with E-state index in [2.05, 4.69) is 27.2 Å². The van der Waals surface area contributed by atoms with Crippen LogP contribution in [0.2, 0.25) is 0 Å². The lowest BCUT2D eigenvalue weighted by Gasteiger charge is -2.34.